The average Bonchev–Trinajstić information content (AvgIpc) is 2.80. The molecule has 0 saturated carbocycles. The van der Waals surface area contributed by atoms with E-state index < -0.39 is 5.82 Å². The molecule has 0 aliphatic heterocycles. The number of pyridine rings is 1. The van der Waals surface area contributed by atoms with Gasteiger partial charge in [-0.15, -0.1) is 0 Å². The molecule has 4 N–H and O–H groups in total. The lowest BCUT2D eigenvalue weighted by atomic mass is 9.87. The fraction of sp³-hybridized carbons (Fsp3) is 0.250. The van der Waals surface area contributed by atoms with Crippen molar-refractivity contribution in [3.8, 4) is 0 Å². The van der Waals surface area contributed by atoms with Gasteiger partial charge in [-0.2, -0.15) is 5.10 Å². The molecule has 2 heterocycles. The summed E-state index contributed by atoms with van der Waals surface area (Å²) in [6.07, 6.45) is 0. The van der Waals surface area contributed by atoms with E-state index in [2.05, 4.69) is 41.3 Å². The minimum Gasteiger partial charge on any atom is -0.382 e. The first-order valence-electron chi connectivity index (χ1n) is 7.02. The van der Waals surface area contributed by atoms with Crippen molar-refractivity contribution in [2.75, 3.05) is 11.1 Å². The van der Waals surface area contributed by atoms with Crippen LogP contribution >= 0.6 is 0 Å². The third kappa shape index (κ3) is 2.59. The molecule has 0 radical (unpaired) electrons. The highest BCUT2D eigenvalue weighted by molar-refractivity contribution is 5.87. The summed E-state index contributed by atoms with van der Waals surface area (Å²) in [5.41, 5.74) is 8.06. The number of hydrogen-bond donors (Lipinski definition) is 3. The normalized spacial score (nSPS) is 11.8. The smallest absolute Gasteiger partial charge is 0.169 e. The Bertz CT molecular complexity index is 832. The Balaban J connectivity index is 1.98. The van der Waals surface area contributed by atoms with Crippen molar-refractivity contribution >= 4 is 28.4 Å². The van der Waals surface area contributed by atoms with Gasteiger partial charge >= 0.3 is 0 Å². The highest BCUT2D eigenvalue weighted by atomic mass is 19.1. The number of nitrogen functional groups attached to an aromatic ring is 1. The Labute approximate surface area is 127 Å². The SMILES string of the molecule is CC(C)(C)c1cccc(Nc2nc3[nH]nc(N)c3cc2F)c1. The second-order valence-corrected chi connectivity index (χ2v) is 6.28. The molecule has 0 aliphatic carbocycles. The van der Waals surface area contributed by atoms with E-state index in [-0.39, 0.29) is 17.1 Å². The molecule has 3 rings (SSSR count). The number of aromatic nitrogens is 3. The van der Waals surface area contributed by atoms with E-state index in [0.29, 0.717) is 11.0 Å². The van der Waals surface area contributed by atoms with Crippen LogP contribution in [0.3, 0.4) is 0 Å². The number of H-pyrrole nitrogens is 1. The van der Waals surface area contributed by atoms with E-state index in [4.69, 9.17) is 5.73 Å². The van der Waals surface area contributed by atoms with Crippen LogP contribution in [0.1, 0.15) is 26.3 Å². The minimum absolute atomic E-state index is 0.0193. The number of nitrogens with one attached hydrogen (secondary N) is 2. The van der Waals surface area contributed by atoms with Crippen molar-refractivity contribution in [3.63, 3.8) is 0 Å². The molecule has 22 heavy (non-hydrogen) atoms. The predicted molar refractivity (Wildman–Crippen MR) is 86.7 cm³/mol. The van der Waals surface area contributed by atoms with Gasteiger partial charge in [0.1, 0.15) is 0 Å². The summed E-state index contributed by atoms with van der Waals surface area (Å²) in [6, 6.07) is 9.19. The number of anilines is 3. The van der Waals surface area contributed by atoms with E-state index in [9.17, 15) is 4.39 Å². The van der Waals surface area contributed by atoms with Gasteiger partial charge in [0.05, 0.1) is 5.39 Å². The summed E-state index contributed by atoms with van der Waals surface area (Å²) >= 11 is 0. The third-order valence-electron chi connectivity index (χ3n) is 3.53. The van der Waals surface area contributed by atoms with Crippen molar-refractivity contribution in [2.45, 2.75) is 26.2 Å². The number of hydrogen-bond acceptors (Lipinski definition) is 4. The van der Waals surface area contributed by atoms with Gasteiger partial charge in [-0.25, -0.2) is 9.37 Å². The number of nitrogens with zero attached hydrogens (tertiary/aromatic N) is 2. The number of fused-ring (bicyclic) bond motifs is 1. The van der Waals surface area contributed by atoms with Crippen LogP contribution in [0, 0.1) is 5.82 Å². The Morgan fingerprint density at radius 2 is 2.00 bits per heavy atom. The number of nitrogens with two attached hydrogens (primary N) is 1. The van der Waals surface area contributed by atoms with Crippen molar-refractivity contribution in [2.24, 2.45) is 0 Å². The van der Waals surface area contributed by atoms with Crippen LogP contribution < -0.4 is 11.1 Å². The topological polar surface area (TPSA) is 79.6 Å². The van der Waals surface area contributed by atoms with Crippen LogP contribution in [0.4, 0.5) is 21.7 Å². The maximum atomic E-state index is 14.2. The molecule has 6 heteroatoms. The molecule has 0 amide bonds. The Hall–Kier alpha value is -2.63. The highest BCUT2D eigenvalue weighted by Gasteiger charge is 2.15. The number of rotatable bonds is 2. The lowest BCUT2D eigenvalue weighted by Crippen LogP contribution is -2.11. The van der Waals surface area contributed by atoms with Crippen LogP contribution in [0.2, 0.25) is 0 Å². The molecule has 2 aromatic heterocycles. The number of aromatic amines is 1. The molecular weight excluding hydrogens is 281 g/mol. The highest BCUT2D eigenvalue weighted by Crippen LogP contribution is 2.28. The quantitative estimate of drug-likeness (QED) is 0.673. The fourth-order valence-electron chi connectivity index (χ4n) is 2.23. The van der Waals surface area contributed by atoms with Crippen molar-refractivity contribution in [1.82, 2.24) is 15.2 Å². The molecule has 3 aromatic rings. The molecule has 0 unspecified atom stereocenters. The zero-order chi connectivity index (χ0) is 15.9. The molecule has 0 aliphatic rings. The van der Waals surface area contributed by atoms with Crippen molar-refractivity contribution in [1.29, 1.82) is 0 Å². The van der Waals surface area contributed by atoms with E-state index in [0.717, 1.165) is 11.3 Å². The second-order valence-electron chi connectivity index (χ2n) is 6.28. The van der Waals surface area contributed by atoms with Crippen LogP contribution in [0.5, 0.6) is 0 Å². The maximum absolute atomic E-state index is 14.2. The summed E-state index contributed by atoms with van der Waals surface area (Å²) < 4.78 is 14.2. The summed E-state index contributed by atoms with van der Waals surface area (Å²) in [4.78, 5) is 4.20. The second kappa shape index (κ2) is 4.98. The van der Waals surface area contributed by atoms with E-state index in [1.807, 2.05) is 24.3 Å². The summed E-state index contributed by atoms with van der Waals surface area (Å²) in [6.45, 7) is 6.39. The molecule has 0 spiro atoms. The van der Waals surface area contributed by atoms with Crippen LogP contribution in [-0.2, 0) is 5.41 Å². The Kier molecular flexibility index (Phi) is 3.24. The molecule has 0 fully saturated rings. The zero-order valence-electron chi connectivity index (χ0n) is 12.7. The predicted octanol–water partition coefficient (Wildman–Crippen LogP) is 3.72. The third-order valence-corrected chi connectivity index (χ3v) is 3.53. The number of benzene rings is 1. The van der Waals surface area contributed by atoms with Crippen molar-refractivity contribution < 1.29 is 4.39 Å². The molecule has 0 atom stereocenters. The zero-order valence-corrected chi connectivity index (χ0v) is 12.7. The summed E-state index contributed by atoms with van der Waals surface area (Å²) in [5.74, 6) is -0.0911. The lowest BCUT2D eigenvalue weighted by Gasteiger charge is -2.20. The van der Waals surface area contributed by atoms with Gasteiger partial charge < -0.3 is 11.1 Å². The minimum atomic E-state index is -0.471. The van der Waals surface area contributed by atoms with E-state index in [1.54, 1.807) is 0 Å². The van der Waals surface area contributed by atoms with Crippen molar-refractivity contribution in [3.05, 3.63) is 41.7 Å². The maximum Gasteiger partial charge on any atom is 0.169 e. The first kappa shape index (κ1) is 14.3. The summed E-state index contributed by atoms with van der Waals surface area (Å²) in [5, 5.41) is 10.0. The Morgan fingerprint density at radius 1 is 1.23 bits per heavy atom. The van der Waals surface area contributed by atoms with Crippen LogP contribution in [-0.4, -0.2) is 15.2 Å². The molecule has 0 bridgehead atoms. The first-order valence-corrected chi connectivity index (χ1v) is 7.02. The molecule has 0 saturated heterocycles. The van der Waals surface area contributed by atoms with E-state index in [1.165, 1.54) is 6.07 Å². The van der Waals surface area contributed by atoms with Gasteiger partial charge in [0.2, 0.25) is 0 Å². The molecule has 5 nitrogen and oxygen atoms in total. The van der Waals surface area contributed by atoms with E-state index >= 15 is 0 Å². The largest absolute Gasteiger partial charge is 0.382 e. The standard InChI is InChI=1S/C16H18FN5/c1-16(2,3)9-5-4-6-10(7-9)19-15-12(17)8-11-13(18)21-22-14(11)20-15/h4-8H,1-3H3,(H4,18,19,20,21,22). The summed E-state index contributed by atoms with van der Waals surface area (Å²) in [7, 11) is 0. The lowest BCUT2D eigenvalue weighted by molar-refractivity contribution is 0.590. The fourth-order valence-corrected chi connectivity index (χ4v) is 2.23. The van der Waals surface area contributed by atoms with Gasteiger partial charge in [0.15, 0.2) is 23.1 Å². The average molecular weight is 299 g/mol. The molecule has 114 valence electrons. The molecule has 1 aromatic carbocycles. The van der Waals surface area contributed by atoms with Crippen LogP contribution in [0.15, 0.2) is 30.3 Å². The monoisotopic (exact) mass is 299 g/mol. The van der Waals surface area contributed by atoms with Gasteiger partial charge in [-0.05, 0) is 29.2 Å². The number of halogens is 1. The van der Waals surface area contributed by atoms with Gasteiger partial charge in [-0.1, -0.05) is 32.9 Å². The van der Waals surface area contributed by atoms with Gasteiger partial charge in [0, 0.05) is 5.69 Å². The van der Waals surface area contributed by atoms with Gasteiger partial charge in [0.25, 0.3) is 0 Å². The molecular formula is C16H18FN5. The Morgan fingerprint density at radius 3 is 2.73 bits per heavy atom. The van der Waals surface area contributed by atoms with Crippen LogP contribution in [0.25, 0.3) is 11.0 Å². The first-order chi connectivity index (χ1) is 10.3. The van der Waals surface area contributed by atoms with Gasteiger partial charge in [-0.3, -0.25) is 5.10 Å².